The van der Waals surface area contributed by atoms with Gasteiger partial charge in [-0.15, -0.1) is 0 Å². The van der Waals surface area contributed by atoms with E-state index in [1.807, 2.05) is 0 Å². The fourth-order valence-electron chi connectivity index (χ4n) is 2.84. The van der Waals surface area contributed by atoms with Crippen LogP contribution in [-0.4, -0.2) is 31.7 Å². The Hall–Kier alpha value is -2.32. The summed E-state index contributed by atoms with van der Waals surface area (Å²) in [5, 5.41) is 2.43. The average Bonchev–Trinajstić information content (AvgIpc) is 2.65. The molecular formula is C18H18F2N2O3S. The highest BCUT2D eigenvalue weighted by Crippen LogP contribution is 2.22. The number of nitrogens with zero attached hydrogens (tertiary/aromatic N) is 1. The third kappa shape index (κ3) is 3.76. The molecule has 0 unspecified atom stereocenters. The van der Waals surface area contributed by atoms with Crippen LogP contribution < -0.4 is 5.32 Å². The summed E-state index contributed by atoms with van der Waals surface area (Å²) in [5.41, 5.74) is -0.133. The van der Waals surface area contributed by atoms with E-state index in [1.54, 1.807) is 0 Å². The van der Waals surface area contributed by atoms with Crippen molar-refractivity contribution >= 4 is 21.6 Å². The molecule has 1 heterocycles. The number of carbonyl (C=O) groups is 1. The molecule has 138 valence electrons. The zero-order chi connectivity index (χ0) is 18.7. The van der Waals surface area contributed by atoms with Crippen molar-refractivity contribution < 1.29 is 22.0 Å². The molecule has 3 rings (SSSR count). The summed E-state index contributed by atoms with van der Waals surface area (Å²) in [6.07, 6.45) is 2.70. The third-order valence-corrected chi connectivity index (χ3v) is 6.17. The second-order valence-corrected chi connectivity index (χ2v) is 7.98. The van der Waals surface area contributed by atoms with Gasteiger partial charge in [0.2, 0.25) is 10.0 Å². The molecule has 26 heavy (non-hydrogen) atoms. The summed E-state index contributed by atoms with van der Waals surface area (Å²) in [4.78, 5) is 12.2. The minimum absolute atomic E-state index is 0.134. The van der Waals surface area contributed by atoms with Gasteiger partial charge in [-0.1, -0.05) is 12.5 Å². The van der Waals surface area contributed by atoms with Gasteiger partial charge in [-0.05, 0) is 49.2 Å². The van der Waals surface area contributed by atoms with Crippen LogP contribution in [0.2, 0.25) is 0 Å². The average molecular weight is 380 g/mol. The van der Waals surface area contributed by atoms with Crippen LogP contribution in [0.25, 0.3) is 0 Å². The van der Waals surface area contributed by atoms with Crippen LogP contribution in [0, 0.1) is 11.6 Å². The Balaban J connectivity index is 1.75. The SMILES string of the molecule is O=C(Nc1ccc(S(=O)(=O)N2CCCCC2)cc1)c1cccc(F)c1F. The smallest absolute Gasteiger partial charge is 0.258 e. The van der Waals surface area contributed by atoms with Crippen molar-refractivity contribution in [3.05, 3.63) is 59.7 Å². The standard InChI is InChI=1S/C18H18F2N2O3S/c19-16-6-4-5-15(17(16)20)18(23)21-13-7-9-14(10-8-13)26(24,25)22-11-2-1-3-12-22/h4-10H,1-3,11-12H2,(H,21,23). The number of rotatable bonds is 4. The molecule has 0 saturated carbocycles. The first-order chi connectivity index (χ1) is 12.4. The molecule has 0 bridgehead atoms. The van der Waals surface area contributed by atoms with E-state index < -0.39 is 33.1 Å². The molecule has 0 aliphatic carbocycles. The molecule has 2 aromatic rings. The number of hydrogen-bond acceptors (Lipinski definition) is 3. The lowest BCUT2D eigenvalue weighted by atomic mass is 10.2. The van der Waals surface area contributed by atoms with E-state index in [9.17, 15) is 22.0 Å². The topological polar surface area (TPSA) is 66.5 Å². The number of amides is 1. The number of benzene rings is 2. The van der Waals surface area contributed by atoms with Crippen LogP contribution in [0.4, 0.5) is 14.5 Å². The lowest BCUT2D eigenvalue weighted by molar-refractivity contribution is 0.102. The first-order valence-corrected chi connectivity index (χ1v) is 9.69. The number of hydrogen-bond donors (Lipinski definition) is 1. The second kappa shape index (κ2) is 7.51. The first kappa shape index (κ1) is 18.5. The van der Waals surface area contributed by atoms with Gasteiger partial charge < -0.3 is 5.32 Å². The molecule has 0 atom stereocenters. The lowest BCUT2D eigenvalue weighted by Crippen LogP contribution is -2.35. The van der Waals surface area contributed by atoms with Gasteiger partial charge in [0.05, 0.1) is 10.5 Å². The van der Waals surface area contributed by atoms with Crippen molar-refractivity contribution in [3.8, 4) is 0 Å². The Morgan fingerprint density at radius 3 is 2.27 bits per heavy atom. The van der Waals surface area contributed by atoms with Crippen molar-refractivity contribution in [2.75, 3.05) is 18.4 Å². The number of carbonyl (C=O) groups excluding carboxylic acids is 1. The summed E-state index contributed by atoms with van der Waals surface area (Å²) >= 11 is 0. The Kier molecular flexibility index (Phi) is 5.33. The molecule has 1 aliphatic rings. The molecule has 1 N–H and O–H groups in total. The van der Waals surface area contributed by atoms with Gasteiger partial charge in [0.15, 0.2) is 11.6 Å². The fraction of sp³-hybridized carbons (Fsp3) is 0.278. The fourth-order valence-corrected chi connectivity index (χ4v) is 4.36. The first-order valence-electron chi connectivity index (χ1n) is 8.25. The van der Waals surface area contributed by atoms with Crippen LogP contribution >= 0.6 is 0 Å². The normalized spacial score (nSPS) is 15.6. The van der Waals surface area contributed by atoms with Crippen LogP contribution in [0.1, 0.15) is 29.6 Å². The molecule has 1 saturated heterocycles. The highest BCUT2D eigenvalue weighted by Gasteiger charge is 2.25. The summed E-state index contributed by atoms with van der Waals surface area (Å²) < 4.78 is 53.5. The molecule has 5 nitrogen and oxygen atoms in total. The van der Waals surface area contributed by atoms with Crippen LogP contribution in [0.3, 0.4) is 0 Å². The van der Waals surface area contributed by atoms with Crippen molar-refractivity contribution in [2.24, 2.45) is 0 Å². The number of halogens is 2. The summed E-state index contributed by atoms with van der Waals surface area (Å²) in [5.74, 6) is -3.15. The summed E-state index contributed by atoms with van der Waals surface area (Å²) in [6, 6.07) is 8.96. The Bertz CT molecular complexity index is 909. The van der Waals surface area contributed by atoms with E-state index in [0.29, 0.717) is 13.1 Å². The van der Waals surface area contributed by atoms with Crippen LogP contribution in [-0.2, 0) is 10.0 Å². The van der Waals surface area contributed by atoms with E-state index in [2.05, 4.69) is 5.32 Å². The zero-order valence-corrected chi connectivity index (χ0v) is 14.7. The van der Waals surface area contributed by atoms with Gasteiger partial charge >= 0.3 is 0 Å². The maximum absolute atomic E-state index is 13.7. The maximum Gasteiger partial charge on any atom is 0.258 e. The van der Waals surface area contributed by atoms with Crippen molar-refractivity contribution in [1.29, 1.82) is 0 Å². The van der Waals surface area contributed by atoms with E-state index in [-0.39, 0.29) is 10.6 Å². The van der Waals surface area contributed by atoms with E-state index in [1.165, 1.54) is 40.7 Å². The molecular weight excluding hydrogens is 362 g/mol. The summed E-state index contributed by atoms with van der Waals surface area (Å²) in [6.45, 7) is 0.999. The van der Waals surface area contributed by atoms with Crippen molar-refractivity contribution in [2.45, 2.75) is 24.2 Å². The van der Waals surface area contributed by atoms with Gasteiger partial charge in [-0.25, -0.2) is 17.2 Å². The minimum Gasteiger partial charge on any atom is -0.322 e. The van der Waals surface area contributed by atoms with Gasteiger partial charge in [0, 0.05) is 18.8 Å². The second-order valence-electron chi connectivity index (χ2n) is 6.04. The number of sulfonamides is 1. The van der Waals surface area contributed by atoms with Crippen molar-refractivity contribution in [1.82, 2.24) is 4.31 Å². The van der Waals surface area contributed by atoms with Gasteiger partial charge in [-0.2, -0.15) is 4.31 Å². The highest BCUT2D eigenvalue weighted by molar-refractivity contribution is 7.89. The van der Waals surface area contributed by atoms with E-state index in [4.69, 9.17) is 0 Å². The number of anilines is 1. The lowest BCUT2D eigenvalue weighted by Gasteiger charge is -2.25. The van der Waals surface area contributed by atoms with Gasteiger partial charge in [-0.3, -0.25) is 4.79 Å². The minimum atomic E-state index is -3.56. The molecule has 0 spiro atoms. The monoisotopic (exact) mass is 380 g/mol. The largest absolute Gasteiger partial charge is 0.322 e. The molecule has 1 amide bonds. The molecule has 8 heteroatoms. The maximum atomic E-state index is 13.7. The molecule has 1 aliphatic heterocycles. The number of nitrogens with one attached hydrogen (secondary N) is 1. The highest BCUT2D eigenvalue weighted by atomic mass is 32.2. The van der Waals surface area contributed by atoms with E-state index in [0.717, 1.165) is 25.3 Å². The molecule has 0 aromatic heterocycles. The summed E-state index contributed by atoms with van der Waals surface area (Å²) in [7, 11) is -3.56. The van der Waals surface area contributed by atoms with Crippen molar-refractivity contribution in [3.63, 3.8) is 0 Å². The van der Waals surface area contributed by atoms with Crippen LogP contribution in [0.5, 0.6) is 0 Å². The molecule has 0 radical (unpaired) electrons. The van der Waals surface area contributed by atoms with Gasteiger partial charge in [0.25, 0.3) is 5.91 Å². The molecule has 2 aromatic carbocycles. The predicted octanol–water partition coefficient (Wildman–Crippen LogP) is 3.39. The van der Waals surface area contributed by atoms with E-state index >= 15 is 0 Å². The Morgan fingerprint density at radius 2 is 1.62 bits per heavy atom. The van der Waals surface area contributed by atoms with Gasteiger partial charge in [0.1, 0.15) is 0 Å². The molecule has 1 fully saturated rings. The Morgan fingerprint density at radius 1 is 0.962 bits per heavy atom. The number of piperidine rings is 1. The van der Waals surface area contributed by atoms with Crippen LogP contribution in [0.15, 0.2) is 47.4 Å². The third-order valence-electron chi connectivity index (χ3n) is 4.26. The Labute approximate surface area is 150 Å². The predicted molar refractivity (Wildman–Crippen MR) is 93.4 cm³/mol. The zero-order valence-electron chi connectivity index (χ0n) is 13.9. The quantitative estimate of drug-likeness (QED) is 0.884.